The number of Topliss-reactive ketones (excluding diaryl/α,β-unsaturated/α-hetero) is 1. The number of hydrogen-bond donors (Lipinski definition) is 0. The number of allylic oxidation sites excluding steroid dienone is 2. The summed E-state index contributed by atoms with van der Waals surface area (Å²) in [6.45, 7) is 0. The number of nitrogens with zero attached hydrogens (tertiary/aromatic N) is 2. The smallest absolute Gasteiger partial charge is 0.168 e. The molecular weight excluding hydrogens is 572 g/mol. The average molecular weight is 603 g/mol. The first kappa shape index (κ1) is 26.3. The molecule has 0 bridgehead atoms. The maximum atomic E-state index is 14.5. The highest BCUT2D eigenvalue weighted by molar-refractivity contribution is 6.24. The van der Waals surface area contributed by atoms with Gasteiger partial charge in [-0.1, -0.05) is 115 Å². The highest BCUT2D eigenvalue weighted by Gasteiger charge is 2.41. The van der Waals surface area contributed by atoms with Crippen LogP contribution in [-0.4, -0.2) is 16.4 Å². The molecule has 6 aromatic carbocycles. The van der Waals surface area contributed by atoms with E-state index in [4.69, 9.17) is 0 Å². The lowest BCUT2D eigenvalue weighted by atomic mass is 9.77. The second-order valence-corrected chi connectivity index (χ2v) is 12.8. The van der Waals surface area contributed by atoms with Crippen LogP contribution in [0.3, 0.4) is 0 Å². The van der Waals surface area contributed by atoms with Crippen LogP contribution in [0.5, 0.6) is 0 Å². The highest BCUT2D eigenvalue weighted by Crippen LogP contribution is 2.53. The van der Waals surface area contributed by atoms with E-state index in [1.165, 1.54) is 39.2 Å². The van der Waals surface area contributed by atoms with Crippen molar-refractivity contribution in [3.8, 4) is 27.9 Å². The van der Waals surface area contributed by atoms with Gasteiger partial charge in [0.2, 0.25) is 0 Å². The van der Waals surface area contributed by atoms with Crippen molar-refractivity contribution in [3.05, 3.63) is 174 Å². The summed E-state index contributed by atoms with van der Waals surface area (Å²) >= 11 is 0. The lowest BCUT2D eigenvalue weighted by Gasteiger charge is -2.28. The van der Waals surface area contributed by atoms with Gasteiger partial charge in [-0.2, -0.15) is 0 Å². The number of carbonyl (C=O) groups excluding carboxylic acids is 1. The van der Waals surface area contributed by atoms with Crippen molar-refractivity contribution in [1.82, 2.24) is 4.57 Å². The fourth-order valence-corrected chi connectivity index (χ4v) is 8.40. The summed E-state index contributed by atoms with van der Waals surface area (Å²) in [6, 6.07) is 47.5. The first-order chi connectivity index (χ1) is 23.3. The molecule has 3 nitrogen and oxygen atoms in total. The zero-order chi connectivity index (χ0) is 31.1. The standard InChI is InChI=1S/C44H30N2O/c47-41-27-36-32(22-24-39-42(36)34-18-7-9-20-37(34)45(39)30-15-5-2-6-16-30)33-23-25-40-43(44(33)41)35-19-8-10-21-38(35)46(40)31-17-11-14-29(26-31)28-12-3-1-4-13-28/h1-26,34,37H,27H2. The minimum absolute atomic E-state index is 0.188. The Morgan fingerprint density at radius 3 is 2.19 bits per heavy atom. The largest absolute Gasteiger partial charge is 0.333 e. The molecule has 2 aliphatic carbocycles. The predicted octanol–water partition coefficient (Wildman–Crippen LogP) is 10.6. The Morgan fingerprint density at radius 2 is 1.32 bits per heavy atom. The molecule has 2 atom stereocenters. The molecule has 1 aromatic heterocycles. The van der Waals surface area contributed by atoms with Crippen LogP contribution in [-0.2, 0) is 6.42 Å². The lowest BCUT2D eigenvalue weighted by Crippen LogP contribution is -2.28. The maximum absolute atomic E-state index is 14.5. The van der Waals surface area contributed by atoms with Gasteiger partial charge in [0, 0.05) is 45.7 Å². The SMILES string of the molecule is O=C1Cc2c(ccc3c2C2C=CC=CC2N3c2ccccc2)-c2ccc3c(c21)c1ccccc1n3-c1cccc(-c2ccccc2)c1. The van der Waals surface area contributed by atoms with Gasteiger partial charge >= 0.3 is 0 Å². The Morgan fingerprint density at radius 1 is 0.596 bits per heavy atom. The van der Waals surface area contributed by atoms with Crippen molar-refractivity contribution in [2.24, 2.45) is 0 Å². The molecule has 3 heteroatoms. The van der Waals surface area contributed by atoms with Crippen LogP contribution in [0, 0.1) is 0 Å². The van der Waals surface area contributed by atoms with Crippen molar-refractivity contribution in [2.45, 2.75) is 18.4 Å². The van der Waals surface area contributed by atoms with E-state index in [1.54, 1.807) is 0 Å². The summed E-state index contributed by atoms with van der Waals surface area (Å²) in [4.78, 5) is 17.0. The Bertz CT molecular complexity index is 2470. The van der Waals surface area contributed by atoms with Gasteiger partial charge in [-0.15, -0.1) is 0 Å². The van der Waals surface area contributed by atoms with E-state index in [0.717, 1.165) is 38.6 Å². The molecule has 2 heterocycles. The molecule has 0 N–H and O–H groups in total. The molecule has 1 aliphatic heterocycles. The summed E-state index contributed by atoms with van der Waals surface area (Å²) < 4.78 is 2.32. The van der Waals surface area contributed by atoms with E-state index in [1.807, 2.05) is 6.07 Å². The van der Waals surface area contributed by atoms with E-state index in [0.29, 0.717) is 6.42 Å². The molecule has 10 rings (SSSR count). The first-order valence-corrected chi connectivity index (χ1v) is 16.4. The molecule has 222 valence electrons. The molecule has 0 fully saturated rings. The fourth-order valence-electron chi connectivity index (χ4n) is 8.40. The topological polar surface area (TPSA) is 25.2 Å². The summed E-state index contributed by atoms with van der Waals surface area (Å²) in [7, 11) is 0. The van der Waals surface area contributed by atoms with Crippen molar-refractivity contribution < 1.29 is 4.79 Å². The van der Waals surface area contributed by atoms with Crippen LogP contribution < -0.4 is 4.90 Å². The number of ketones is 1. The summed E-state index contributed by atoms with van der Waals surface area (Å²) in [5, 5.41) is 2.15. The zero-order valence-corrected chi connectivity index (χ0v) is 25.7. The van der Waals surface area contributed by atoms with Gasteiger partial charge in [-0.05, 0) is 75.8 Å². The normalized spacial score (nSPS) is 17.5. The Labute approximate surface area is 273 Å². The molecule has 3 aliphatic rings. The molecule has 0 saturated carbocycles. The number of carbonyl (C=O) groups is 1. The summed E-state index contributed by atoms with van der Waals surface area (Å²) in [5.74, 6) is 0.388. The van der Waals surface area contributed by atoms with Gasteiger partial charge in [0.05, 0.1) is 17.1 Å². The lowest BCUT2D eigenvalue weighted by molar-refractivity contribution is 0.0993. The monoisotopic (exact) mass is 602 g/mol. The molecule has 0 saturated heterocycles. The van der Waals surface area contributed by atoms with Crippen molar-refractivity contribution in [2.75, 3.05) is 4.90 Å². The third kappa shape index (κ3) is 3.77. The van der Waals surface area contributed by atoms with Crippen LogP contribution in [0.2, 0.25) is 0 Å². The number of aromatic nitrogens is 1. The van der Waals surface area contributed by atoms with Crippen LogP contribution >= 0.6 is 0 Å². The number of anilines is 2. The van der Waals surface area contributed by atoms with Crippen LogP contribution in [0.1, 0.15) is 27.4 Å². The number of fused-ring (bicyclic) bond motifs is 11. The molecule has 7 aromatic rings. The van der Waals surface area contributed by atoms with Gasteiger partial charge < -0.3 is 9.47 Å². The fraction of sp³-hybridized carbons (Fsp3) is 0.0682. The van der Waals surface area contributed by atoms with Crippen molar-refractivity contribution in [3.63, 3.8) is 0 Å². The Balaban J connectivity index is 1.19. The van der Waals surface area contributed by atoms with Gasteiger partial charge in [0.15, 0.2) is 5.78 Å². The number of benzene rings is 6. The molecule has 47 heavy (non-hydrogen) atoms. The van der Waals surface area contributed by atoms with Gasteiger partial charge in [0.1, 0.15) is 0 Å². The van der Waals surface area contributed by atoms with Crippen molar-refractivity contribution >= 4 is 39.0 Å². The predicted molar refractivity (Wildman–Crippen MR) is 193 cm³/mol. The van der Waals surface area contributed by atoms with Gasteiger partial charge in [-0.25, -0.2) is 0 Å². The molecule has 0 radical (unpaired) electrons. The Hall–Kier alpha value is -5.93. The number of rotatable bonds is 3. The molecular formula is C44H30N2O. The summed E-state index contributed by atoms with van der Waals surface area (Å²) in [6.07, 6.45) is 9.32. The average Bonchev–Trinajstić information content (AvgIpc) is 3.66. The van der Waals surface area contributed by atoms with E-state index in [9.17, 15) is 4.79 Å². The number of hydrogen-bond acceptors (Lipinski definition) is 2. The zero-order valence-electron chi connectivity index (χ0n) is 25.7. The third-order valence-electron chi connectivity index (χ3n) is 10.3. The number of para-hydroxylation sites is 2. The minimum Gasteiger partial charge on any atom is -0.333 e. The van der Waals surface area contributed by atoms with E-state index < -0.39 is 0 Å². The van der Waals surface area contributed by atoms with E-state index in [-0.39, 0.29) is 17.7 Å². The first-order valence-electron chi connectivity index (χ1n) is 16.4. The Kier molecular flexibility index (Phi) is 5.62. The van der Waals surface area contributed by atoms with E-state index >= 15 is 0 Å². The second kappa shape index (κ2) is 10.0. The minimum atomic E-state index is 0.188. The molecule has 0 spiro atoms. The van der Waals surface area contributed by atoms with Crippen molar-refractivity contribution in [1.29, 1.82) is 0 Å². The third-order valence-corrected chi connectivity index (χ3v) is 10.3. The van der Waals surface area contributed by atoms with Crippen LogP contribution in [0.4, 0.5) is 11.4 Å². The molecule has 2 unspecified atom stereocenters. The van der Waals surface area contributed by atoms with Crippen LogP contribution in [0.15, 0.2) is 158 Å². The van der Waals surface area contributed by atoms with Crippen LogP contribution in [0.25, 0.3) is 49.7 Å². The van der Waals surface area contributed by atoms with E-state index in [2.05, 4.69) is 161 Å². The van der Waals surface area contributed by atoms with Gasteiger partial charge in [0.25, 0.3) is 0 Å². The maximum Gasteiger partial charge on any atom is 0.168 e. The molecule has 0 amide bonds. The second-order valence-electron chi connectivity index (χ2n) is 12.8. The quantitative estimate of drug-likeness (QED) is 0.201. The summed E-state index contributed by atoms with van der Waals surface area (Å²) in [5.41, 5.74) is 13.5. The van der Waals surface area contributed by atoms with Gasteiger partial charge in [-0.3, -0.25) is 4.79 Å². The highest BCUT2D eigenvalue weighted by atomic mass is 16.1.